The van der Waals surface area contributed by atoms with Crippen LogP contribution in [0.5, 0.6) is 0 Å². The minimum absolute atomic E-state index is 0.261. The summed E-state index contributed by atoms with van der Waals surface area (Å²) in [6.07, 6.45) is 1.13. The van der Waals surface area contributed by atoms with Crippen molar-refractivity contribution < 1.29 is 9.47 Å². The molecule has 0 aliphatic rings. The van der Waals surface area contributed by atoms with Crippen LogP contribution in [0.15, 0.2) is 18.2 Å². The van der Waals surface area contributed by atoms with Crippen molar-refractivity contribution in [3.05, 3.63) is 34.9 Å². The molecule has 0 saturated carbocycles. The second-order valence-electron chi connectivity index (χ2n) is 5.14. The molecule has 1 aromatic carbocycles. The second-order valence-corrected chi connectivity index (χ2v) is 5.14. The van der Waals surface area contributed by atoms with Gasteiger partial charge < -0.3 is 14.8 Å². The van der Waals surface area contributed by atoms with E-state index in [1.54, 1.807) is 0 Å². The van der Waals surface area contributed by atoms with Gasteiger partial charge in [0.25, 0.3) is 0 Å². The molecule has 0 amide bonds. The molecule has 114 valence electrons. The molecule has 1 N–H and O–H groups in total. The zero-order chi connectivity index (χ0) is 14.8. The standard InChI is InChI=1S/C17H29NO2/c1-5-9-18-17(13-20-11-10-19-6-2)16-8-7-14(3)12-15(16)4/h7-8,12,17-18H,5-6,9-11,13H2,1-4H3. The first-order valence-electron chi connectivity index (χ1n) is 7.65. The zero-order valence-corrected chi connectivity index (χ0v) is 13.4. The molecule has 0 heterocycles. The summed E-state index contributed by atoms with van der Waals surface area (Å²) in [6, 6.07) is 6.88. The smallest absolute Gasteiger partial charge is 0.0701 e. The molecule has 1 atom stereocenters. The van der Waals surface area contributed by atoms with Crippen LogP contribution in [0.4, 0.5) is 0 Å². The van der Waals surface area contributed by atoms with Gasteiger partial charge in [-0.05, 0) is 44.9 Å². The third-order valence-electron chi connectivity index (χ3n) is 3.30. The van der Waals surface area contributed by atoms with E-state index in [0.29, 0.717) is 19.8 Å². The number of hydrogen-bond donors (Lipinski definition) is 1. The van der Waals surface area contributed by atoms with Crippen LogP contribution >= 0.6 is 0 Å². The van der Waals surface area contributed by atoms with E-state index >= 15 is 0 Å². The highest BCUT2D eigenvalue weighted by molar-refractivity contribution is 5.32. The third kappa shape index (κ3) is 6.04. The molecule has 1 unspecified atom stereocenters. The number of rotatable bonds is 10. The van der Waals surface area contributed by atoms with Gasteiger partial charge >= 0.3 is 0 Å². The molecule has 0 radical (unpaired) electrons. The Bertz CT molecular complexity index is 379. The second kappa shape index (κ2) is 9.92. The van der Waals surface area contributed by atoms with Gasteiger partial charge in [0.15, 0.2) is 0 Å². The van der Waals surface area contributed by atoms with Crippen LogP contribution in [0.1, 0.15) is 43.0 Å². The fourth-order valence-corrected chi connectivity index (χ4v) is 2.26. The molecule has 3 nitrogen and oxygen atoms in total. The van der Waals surface area contributed by atoms with Gasteiger partial charge in [-0.25, -0.2) is 0 Å². The van der Waals surface area contributed by atoms with Gasteiger partial charge in [0.1, 0.15) is 0 Å². The average molecular weight is 279 g/mol. The topological polar surface area (TPSA) is 30.5 Å². The van der Waals surface area contributed by atoms with E-state index in [4.69, 9.17) is 9.47 Å². The minimum atomic E-state index is 0.261. The van der Waals surface area contributed by atoms with Crippen LogP contribution < -0.4 is 5.32 Å². The zero-order valence-electron chi connectivity index (χ0n) is 13.4. The Kier molecular flexibility index (Phi) is 8.51. The maximum atomic E-state index is 5.75. The molecular weight excluding hydrogens is 250 g/mol. The van der Waals surface area contributed by atoms with Gasteiger partial charge in [-0.3, -0.25) is 0 Å². The van der Waals surface area contributed by atoms with Gasteiger partial charge in [0.05, 0.1) is 25.9 Å². The molecule has 3 heteroatoms. The first-order chi connectivity index (χ1) is 9.69. The lowest BCUT2D eigenvalue weighted by atomic mass is 9.99. The van der Waals surface area contributed by atoms with Crippen LogP contribution in [0.25, 0.3) is 0 Å². The summed E-state index contributed by atoms with van der Waals surface area (Å²) in [4.78, 5) is 0. The number of nitrogens with one attached hydrogen (secondary N) is 1. The van der Waals surface area contributed by atoms with E-state index in [2.05, 4.69) is 44.3 Å². The molecular formula is C17H29NO2. The Morgan fingerprint density at radius 3 is 2.50 bits per heavy atom. The van der Waals surface area contributed by atoms with Gasteiger partial charge in [-0.1, -0.05) is 30.7 Å². The monoisotopic (exact) mass is 279 g/mol. The summed E-state index contributed by atoms with van der Waals surface area (Å²) >= 11 is 0. The quantitative estimate of drug-likeness (QED) is 0.666. The number of aryl methyl sites for hydroxylation is 2. The van der Waals surface area contributed by atoms with E-state index < -0.39 is 0 Å². The molecule has 0 fully saturated rings. The van der Waals surface area contributed by atoms with E-state index in [9.17, 15) is 0 Å². The van der Waals surface area contributed by atoms with Crippen molar-refractivity contribution in [3.63, 3.8) is 0 Å². The molecule has 0 aliphatic carbocycles. The van der Waals surface area contributed by atoms with Gasteiger partial charge in [-0.15, -0.1) is 0 Å². The van der Waals surface area contributed by atoms with Crippen molar-refractivity contribution >= 4 is 0 Å². The Morgan fingerprint density at radius 1 is 1.10 bits per heavy atom. The predicted octanol–water partition coefficient (Wildman–Crippen LogP) is 3.40. The number of ether oxygens (including phenoxy) is 2. The lowest BCUT2D eigenvalue weighted by Crippen LogP contribution is -2.27. The summed E-state index contributed by atoms with van der Waals surface area (Å²) in [7, 11) is 0. The van der Waals surface area contributed by atoms with Crippen molar-refractivity contribution in [1.29, 1.82) is 0 Å². The largest absolute Gasteiger partial charge is 0.379 e. The molecule has 1 rings (SSSR count). The molecule has 1 aromatic rings. The molecule has 20 heavy (non-hydrogen) atoms. The van der Waals surface area contributed by atoms with Crippen molar-refractivity contribution in [2.45, 2.75) is 40.2 Å². The van der Waals surface area contributed by atoms with E-state index in [-0.39, 0.29) is 6.04 Å². The Balaban J connectivity index is 2.58. The fraction of sp³-hybridized carbons (Fsp3) is 0.647. The van der Waals surface area contributed by atoms with Crippen LogP contribution in [0.2, 0.25) is 0 Å². The van der Waals surface area contributed by atoms with Gasteiger partial charge in [0, 0.05) is 6.61 Å². The van der Waals surface area contributed by atoms with Crippen LogP contribution in [-0.4, -0.2) is 33.0 Å². The number of benzene rings is 1. The highest BCUT2D eigenvalue weighted by Gasteiger charge is 2.13. The summed E-state index contributed by atoms with van der Waals surface area (Å²) in [5.41, 5.74) is 3.96. The first kappa shape index (κ1) is 17.2. The molecule has 0 aliphatic heterocycles. The highest BCUT2D eigenvalue weighted by atomic mass is 16.5. The summed E-state index contributed by atoms with van der Waals surface area (Å²) in [6.45, 7) is 12.3. The molecule has 0 aromatic heterocycles. The van der Waals surface area contributed by atoms with Crippen LogP contribution in [-0.2, 0) is 9.47 Å². The van der Waals surface area contributed by atoms with E-state index in [1.807, 2.05) is 6.92 Å². The minimum Gasteiger partial charge on any atom is -0.379 e. The van der Waals surface area contributed by atoms with Crippen LogP contribution in [0, 0.1) is 13.8 Å². The number of hydrogen-bond acceptors (Lipinski definition) is 3. The predicted molar refractivity (Wildman–Crippen MR) is 84.3 cm³/mol. The normalized spacial score (nSPS) is 12.6. The molecule has 0 spiro atoms. The lowest BCUT2D eigenvalue weighted by Gasteiger charge is -2.21. The Morgan fingerprint density at radius 2 is 1.85 bits per heavy atom. The third-order valence-corrected chi connectivity index (χ3v) is 3.30. The Labute approximate surface area is 123 Å². The molecule has 0 bridgehead atoms. The maximum Gasteiger partial charge on any atom is 0.0701 e. The van der Waals surface area contributed by atoms with Crippen molar-refractivity contribution in [2.75, 3.05) is 33.0 Å². The summed E-state index contributed by atoms with van der Waals surface area (Å²) in [5, 5.41) is 3.57. The highest BCUT2D eigenvalue weighted by Crippen LogP contribution is 2.19. The van der Waals surface area contributed by atoms with Crippen LogP contribution in [0.3, 0.4) is 0 Å². The summed E-state index contributed by atoms with van der Waals surface area (Å²) < 4.78 is 11.0. The molecule has 0 saturated heterocycles. The van der Waals surface area contributed by atoms with Gasteiger partial charge in [-0.2, -0.15) is 0 Å². The van der Waals surface area contributed by atoms with Crippen molar-refractivity contribution in [2.24, 2.45) is 0 Å². The maximum absolute atomic E-state index is 5.75. The van der Waals surface area contributed by atoms with E-state index in [0.717, 1.165) is 19.6 Å². The average Bonchev–Trinajstić information content (AvgIpc) is 2.43. The Hall–Kier alpha value is -0.900. The summed E-state index contributed by atoms with van der Waals surface area (Å²) in [5.74, 6) is 0. The lowest BCUT2D eigenvalue weighted by molar-refractivity contribution is 0.0433. The fourth-order valence-electron chi connectivity index (χ4n) is 2.26. The van der Waals surface area contributed by atoms with Crippen molar-refractivity contribution in [3.8, 4) is 0 Å². The SMILES string of the molecule is CCCNC(COCCOCC)c1ccc(C)cc1C. The van der Waals surface area contributed by atoms with Gasteiger partial charge in [0.2, 0.25) is 0 Å². The van der Waals surface area contributed by atoms with E-state index in [1.165, 1.54) is 16.7 Å². The van der Waals surface area contributed by atoms with Crippen molar-refractivity contribution in [1.82, 2.24) is 5.32 Å². The first-order valence-corrected chi connectivity index (χ1v) is 7.65.